The molecule has 0 unspecified atom stereocenters. The van der Waals surface area contributed by atoms with Gasteiger partial charge in [-0.1, -0.05) is 32.0 Å². The first-order valence-electron chi connectivity index (χ1n) is 13.8. The van der Waals surface area contributed by atoms with Gasteiger partial charge in [-0.05, 0) is 54.8 Å². The maximum Gasteiger partial charge on any atom is 0.416 e. The summed E-state index contributed by atoms with van der Waals surface area (Å²) >= 11 is 0. The van der Waals surface area contributed by atoms with Gasteiger partial charge in [0.05, 0.1) is 30.4 Å². The molecule has 0 aliphatic carbocycles. The average Bonchev–Trinajstić information content (AvgIpc) is 3.58. The van der Waals surface area contributed by atoms with E-state index < -0.39 is 23.4 Å². The number of rotatable bonds is 6. The first-order valence-corrected chi connectivity index (χ1v) is 13.8. The molecular formula is C31H27F5N6O. The molecule has 12 heteroatoms. The van der Waals surface area contributed by atoms with Crippen LogP contribution in [0.5, 0.6) is 0 Å². The number of aromatic nitrogens is 3. The van der Waals surface area contributed by atoms with E-state index in [0.717, 1.165) is 24.3 Å². The quantitative estimate of drug-likeness (QED) is 0.235. The molecule has 7 nitrogen and oxygen atoms in total. The lowest BCUT2D eigenvalue weighted by Crippen LogP contribution is -2.50. The second-order valence-corrected chi connectivity index (χ2v) is 10.9. The Hall–Kier alpha value is -4.61. The summed E-state index contributed by atoms with van der Waals surface area (Å²) in [6.45, 7) is 6.87. The van der Waals surface area contributed by atoms with Gasteiger partial charge in [-0.15, -0.1) is 0 Å². The number of guanidine groups is 1. The number of pyridine rings is 1. The predicted molar refractivity (Wildman–Crippen MR) is 151 cm³/mol. The van der Waals surface area contributed by atoms with E-state index in [4.69, 9.17) is 9.98 Å². The summed E-state index contributed by atoms with van der Waals surface area (Å²) in [6, 6.07) is 11.6. The molecular weight excluding hydrogens is 567 g/mol. The number of hydrogen-bond donors (Lipinski definition) is 0. The Morgan fingerprint density at radius 1 is 1.00 bits per heavy atom. The summed E-state index contributed by atoms with van der Waals surface area (Å²) in [5, 5.41) is 0. The number of alkyl halides is 3. The van der Waals surface area contributed by atoms with Gasteiger partial charge >= 0.3 is 6.18 Å². The molecule has 0 radical (unpaired) electrons. The highest BCUT2D eigenvalue weighted by atomic mass is 19.4. The van der Waals surface area contributed by atoms with Crippen LogP contribution in [0.4, 0.5) is 27.8 Å². The highest BCUT2D eigenvalue weighted by Gasteiger charge is 2.44. The summed E-state index contributed by atoms with van der Waals surface area (Å²) in [6.07, 6.45) is -3.02. The number of nitrogens with zero attached hydrogens (tertiary/aromatic N) is 6. The van der Waals surface area contributed by atoms with Gasteiger partial charge in [-0.2, -0.15) is 13.2 Å². The van der Waals surface area contributed by atoms with Crippen LogP contribution in [0.1, 0.15) is 42.4 Å². The molecule has 0 saturated heterocycles. The van der Waals surface area contributed by atoms with Gasteiger partial charge in [0.15, 0.2) is 17.3 Å². The zero-order valence-electron chi connectivity index (χ0n) is 23.5. The maximum absolute atomic E-state index is 14.2. The van der Waals surface area contributed by atoms with Crippen molar-refractivity contribution in [3.05, 3.63) is 89.2 Å². The fourth-order valence-electron chi connectivity index (χ4n) is 5.39. The van der Waals surface area contributed by atoms with E-state index >= 15 is 0 Å². The van der Waals surface area contributed by atoms with Crippen LogP contribution in [0.3, 0.4) is 0 Å². The molecule has 2 aliphatic rings. The Morgan fingerprint density at radius 2 is 1.79 bits per heavy atom. The molecule has 0 spiro atoms. The standard InChI is InChI=1S/C31H27F5N6O/c1-4-40-29(43)26-28(42-16-25(17(2)3)38-30(40)42)41(15-18-8-10-22(32)23(33)12-18)27(39-26)20-9-11-24(37-14-20)19-6-5-7-21(13-19)31(34,35)36/h5-14,17,25H,4,15-16H2,1-3H3/t25-/m0/s1. The Kier molecular flexibility index (Phi) is 7.02. The van der Waals surface area contributed by atoms with Crippen LogP contribution in [0.15, 0.2) is 65.8 Å². The second-order valence-electron chi connectivity index (χ2n) is 10.9. The van der Waals surface area contributed by atoms with Crippen LogP contribution in [-0.4, -0.2) is 50.4 Å². The lowest BCUT2D eigenvalue weighted by Gasteiger charge is -2.33. The van der Waals surface area contributed by atoms with Crippen molar-refractivity contribution in [3.63, 3.8) is 0 Å². The zero-order valence-corrected chi connectivity index (χ0v) is 23.5. The molecule has 4 aromatic rings. The average molecular weight is 595 g/mol. The Morgan fingerprint density at radius 3 is 2.44 bits per heavy atom. The maximum atomic E-state index is 14.2. The van der Waals surface area contributed by atoms with Crippen molar-refractivity contribution in [2.24, 2.45) is 10.9 Å². The first-order chi connectivity index (χ1) is 20.5. The van der Waals surface area contributed by atoms with Crippen LogP contribution in [0.2, 0.25) is 0 Å². The SMILES string of the molecule is CCN1C(=O)c2nc(-c3ccc(-c4cccc(C(F)(F)F)c4)nc3)n(Cc3ccc(F)c(F)c3)c2N2C[C@@H](C(C)C)N=C12. The van der Waals surface area contributed by atoms with E-state index in [-0.39, 0.29) is 35.7 Å². The lowest BCUT2D eigenvalue weighted by atomic mass is 10.1. The number of fused-ring (bicyclic) bond motifs is 3. The summed E-state index contributed by atoms with van der Waals surface area (Å²) < 4.78 is 69.6. The molecule has 4 heterocycles. The number of anilines is 1. The van der Waals surface area contributed by atoms with Crippen LogP contribution in [0, 0.1) is 17.6 Å². The van der Waals surface area contributed by atoms with E-state index in [1.165, 1.54) is 24.4 Å². The van der Waals surface area contributed by atoms with Crippen LogP contribution in [-0.2, 0) is 12.7 Å². The van der Waals surface area contributed by atoms with Gasteiger partial charge in [0.1, 0.15) is 11.6 Å². The Labute approximate surface area is 244 Å². The zero-order chi connectivity index (χ0) is 30.6. The summed E-state index contributed by atoms with van der Waals surface area (Å²) in [5.74, 6) is -0.782. The minimum Gasteiger partial charge on any atom is -0.305 e. The van der Waals surface area contributed by atoms with E-state index in [1.54, 1.807) is 21.6 Å². The van der Waals surface area contributed by atoms with Crippen molar-refractivity contribution in [3.8, 4) is 22.6 Å². The molecule has 2 aromatic heterocycles. The predicted octanol–water partition coefficient (Wildman–Crippen LogP) is 6.63. The summed E-state index contributed by atoms with van der Waals surface area (Å²) in [5.41, 5.74) is 0.939. The van der Waals surface area contributed by atoms with Crippen LogP contribution < -0.4 is 4.90 Å². The number of halogens is 5. The topological polar surface area (TPSA) is 66.6 Å². The van der Waals surface area contributed by atoms with E-state index in [2.05, 4.69) is 4.98 Å². The highest BCUT2D eigenvalue weighted by molar-refractivity contribution is 6.18. The first kappa shape index (κ1) is 28.5. The van der Waals surface area contributed by atoms with Crippen molar-refractivity contribution in [1.29, 1.82) is 0 Å². The van der Waals surface area contributed by atoms with Crippen molar-refractivity contribution in [1.82, 2.24) is 19.4 Å². The highest BCUT2D eigenvalue weighted by Crippen LogP contribution is 2.38. The van der Waals surface area contributed by atoms with Gasteiger partial charge in [0.2, 0.25) is 5.96 Å². The number of aliphatic imine (C=N–C) groups is 1. The summed E-state index contributed by atoms with van der Waals surface area (Å²) in [4.78, 5) is 31.2. The number of imidazole rings is 1. The molecule has 6 rings (SSSR count). The normalized spacial score (nSPS) is 16.5. The third kappa shape index (κ3) is 5.04. The number of benzene rings is 2. The summed E-state index contributed by atoms with van der Waals surface area (Å²) in [7, 11) is 0. The molecule has 0 saturated carbocycles. The Bertz CT molecular complexity index is 1740. The van der Waals surface area contributed by atoms with Crippen molar-refractivity contribution in [2.75, 3.05) is 18.0 Å². The van der Waals surface area contributed by atoms with Gasteiger partial charge in [-0.3, -0.25) is 19.6 Å². The molecule has 1 atom stereocenters. The van der Waals surface area contributed by atoms with Gasteiger partial charge < -0.3 is 4.57 Å². The van der Waals surface area contributed by atoms with Crippen molar-refractivity contribution in [2.45, 2.75) is 39.5 Å². The molecule has 0 bridgehead atoms. The van der Waals surface area contributed by atoms with E-state index in [0.29, 0.717) is 47.5 Å². The molecule has 2 aliphatic heterocycles. The monoisotopic (exact) mass is 594 g/mol. The fraction of sp³-hybridized carbons (Fsp3) is 0.290. The van der Waals surface area contributed by atoms with Gasteiger partial charge in [0, 0.05) is 23.9 Å². The lowest BCUT2D eigenvalue weighted by molar-refractivity contribution is -0.137. The number of hydrogen-bond acceptors (Lipinski definition) is 5. The molecule has 2 aromatic carbocycles. The molecule has 0 N–H and O–H groups in total. The largest absolute Gasteiger partial charge is 0.416 e. The van der Waals surface area contributed by atoms with E-state index in [9.17, 15) is 26.7 Å². The van der Waals surface area contributed by atoms with Gasteiger partial charge in [0.25, 0.3) is 5.91 Å². The third-order valence-corrected chi connectivity index (χ3v) is 7.70. The minimum absolute atomic E-state index is 0.0553. The number of carbonyl (C=O) groups excluding carboxylic acids is 1. The third-order valence-electron chi connectivity index (χ3n) is 7.70. The molecule has 43 heavy (non-hydrogen) atoms. The fourth-order valence-corrected chi connectivity index (χ4v) is 5.39. The van der Waals surface area contributed by atoms with Gasteiger partial charge in [-0.25, -0.2) is 18.8 Å². The van der Waals surface area contributed by atoms with E-state index in [1.807, 2.05) is 25.7 Å². The number of carbonyl (C=O) groups is 1. The molecule has 0 fully saturated rings. The second kappa shape index (κ2) is 10.6. The van der Waals surface area contributed by atoms with Crippen LogP contribution >= 0.6 is 0 Å². The van der Waals surface area contributed by atoms with Crippen LogP contribution in [0.25, 0.3) is 22.6 Å². The number of amides is 1. The van der Waals surface area contributed by atoms with Crippen molar-refractivity contribution >= 4 is 17.7 Å². The Balaban J connectivity index is 1.48. The van der Waals surface area contributed by atoms with Crippen molar-refractivity contribution < 1.29 is 26.7 Å². The smallest absolute Gasteiger partial charge is 0.305 e. The molecule has 222 valence electrons. The minimum atomic E-state index is -4.50. The molecule has 1 amide bonds.